The second-order valence-corrected chi connectivity index (χ2v) is 7.66. The number of hydrogen-bond acceptors (Lipinski definition) is 1. The molecule has 3 heteroatoms. The lowest BCUT2D eigenvalue weighted by Gasteiger charge is -2.17. The molecule has 1 aromatic carbocycles. The molecule has 1 nitrogen and oxygen atoms in total. The van der Waals surface area contributed by atoms with Gasteiger partial charge in [-0.05, 0) is 35.9 Å². The van der Waals surface area contributed by atoms with Crippen LogP contribution >= 0.6 is 27.3 Å². The third kappa shape index (κ3) is 2.91. The lowest BCUT2D eigenvalue weighted by molar-refractivity contribution is 0.401. The van der Waals surface area contributed by atoms with E-state index in [1.807, 2.05) is 11.3 Å². The Morgan fingerprint density at radius 3 is 2.81 bits per heavy atom. The molecule has 0 aliphatic rings. The van der Waals surface area contributed by atoms with Crippen LogP contribution in [0.2, 0.25) is 0 Å². The third-order valence-electron chi connectivity index (χ3n) is 4.41. The number of unbranched alkanes of at least 4 members (excludes halogenated alkanes) is 1. The zero-order valence-electron chi connectivity index (χ0n) is 12.7. The van der Waals surface area contributed by atoms with Crippen molar-refractivity contribution in [2.24, 2.45) is 5.92 Å². The highest BCUT2D eigenvalue weighted by atomic mass is 79.9. The van der Waals surface area contributed by atoms with Crippen molar-refractivity contribution in [3.05, 3.63) is 34.1 Å². The molecule has 21 heavy (non-hydrogen) atoms. The van der Waals surface area contributed by atoms with Crippen LogP contribution in [-0.2, 0) is 6.54 Å². The van der Waals surface area contributed by atoms with Crippen molar-refractivity contribution in [2.75, 3.05) is 0 Å². The maximum atomic E-state index is 3.63. The van der Waals surface area contributed by atoms with Crippen LogP contribution in [0.25, 0.3) is 21.1 Å². The largest absolute Gasteiger partial charge is 0.339 e. The Balaban J connectivity index is 2.05. The van der Waals surface area contributed by atoms with Crippen LogP contribution in [0, 0.1) is 5.92 Å². The fourth-order valence-corrected chi connectivity index (χ4v) is 4.42. The van der Waals surface area contributed by atoms with Crippen LogP contribution in [0.1, 0.15) is 39.5 Å². The second kappa shape index (κ2) is 6.53. The Morgan fingerprint density at radius 1 is 1.19 bits per heavy atom. The molecule has 0 radical (unpaired) electrons. The molecular formula is C18H22BrNS. The van der Waals surface area contributed by atoms with Crippen LogP contribution in [0.15, 0.2) is 34.1 Å². The second-order valence-electron chi connectivity index (χ2n) is 5.82. The van der Waals surface area contributed by atoms with Crippen molar-refractivity contribution in [3.63, 3.8) is 0 Å². The summed E-state index contributed by atoms with van der Waals surface area (Å²) in [5, 5.41) is 3.61. The summed E-state index contributed by atoms with van der Waals surface area (Å²) in [5.74, 6) is 0.780. The van der Waals surface area contributed by atoms with Gasteiger partial charge in [-0.1, -0.05) is 55.1 Å². The van der Waals surface area contributed by atoms with Gasteiger partial charge in [0.25, 0.3) is 0 Å². The molecule has 2 aromatic heterocycles. The Bertz CT molecular complexity index is 740. The number of aromatic nitrogens is 1. The number of rotatable bonds is 6. The Labute approximate surface area is 139 Å². The van der Waals surface area contributed by atoms with Gasteiger partial charge in [-0.25, -0.2) is 0 Å². The fraction of sp³-hybridized carbons (Fsp3) is 0.444. The highest BCUT2D eigenvalue weighted by Crippen LogP contribution is 2.35. The van der Waals surface area contributed by atoms with Gasteiger partial charge < -0.3 is 4.57 Å². The molecule has 0 amide bonds. The quantitative estimate of drug-likeness (QED) is 0.451. The van der Waals surface area contributed by atoms with E-state index in [0.29, 0.717) is 0 Å². The van der Waals surface area contributed by atoms with Gasteiger partial charge in [0.1, 0.15) is 0 Å². The summed E-state index contributed by atoms with van der Waals surface area (Å²) in [7, 11) is 0. The summed E-state index contributed by atoms with van der Waals surface area (Å²) in [6.45, 7) is 5.75. The maximum absolute atomic E-state index is 3.63. The van der Waals surface area contributed by atoms with Gasteiger partial charge in [-0.2, -0.15) is 0 Å². The van der Waals surface area contributed by atoms with Gasteiger partial charge >= 0.3 is 0 Å². The first-order chi connectivity index (χ1) is 10.2. The van der Waals surface area contributed by atoms with Crippen molar-refractivity contribution >= 4 is 48.4 Å². The summed E-state index contributed by atoms with van der Waals surface area (Å²) in [4.78, 5) is 0. The average Bonchev–Trinajstić information content (AvgIpc) is 3.05. The van der Waals surface area contributed by atoms with E-state index in [9.17, 15) is 0 Å². The molecule has 2 heterocycles. The SMILES string of the molecule is CCCCC(CC)Cn1c2cc(Br)ccc2c2sccc21. The van der Waals surface area contributed by atoms with Gasteiger partial charge in [-0.3, -0.25) is 0 Å². The fourth-order valence-electron chi connectivity index (χ4n) is 3.14. The minimum Gasteiger partial charge on any atom is -0.339 e. The van der Waals surface area contributed by atoms with E-state index in [-0.39, 0.29) is 0 Å². The normalized spacial score (nSPS) is 13.3. The summed E-state index contributed by atoms with van der Waals surface area (Å²) in [6, 6.07) is 8.96. The summed E-state index contributed by atoms with van der Waals surface area (Å²) in [5.41, 5.74) is 2.78. The summed E-state index contributed by atoms with van der Waals surface area (Å²) >= 11 is 5.49. The standard InChI is InChI=1S/C18H22BrNS/c1-3-5-6-13(4-2)12-20-16-9-10-21-18(16)15-8-7-14(19)11-17(15)20/h7-11,13H,3-6,12H2,1-2H3. The Kier molecular flexibility index (Phi) is 4.70. The highest BCUT2D eigenvalue weighted by Gasteiger charge is 2.15. The molecule has 0 bridgehead atoms. The van der Waals surface area contributed by atoms with Gasteiger partial charge in [-0.15, -0.1) is 11.3 Å². The number of hydrogen-bond donors (Lipinski definition) is 0. The lowest BCUT2D eigenvalue weighted by atomic mass is 9.99. The number of halogens is 1. The molecule has 0 saturated heterocycles. The third-order valence-corrected chi connectivity index (χ3v) is 5.84. The molecule has 0 saturated carbocycles. The number of thiophene rings is 1. The molecule has 0 aliphatic carbocycles. The van der Waals surface area contributed by atoms with Crippen molar-refractivity contribution < 1.29 is 0 Å². The van der Waals surface area contributed by atoms with Crippen molar-refractivity contribution in [3.8, 4) is 0 Å². The molecule has 0 aliphatic heterocycles. The zero-order chi connectivity index (χ0) is 14.8. The topological polar surface area (TPSA) is 4.93 Å². The van der Waals surface area contributed by atoms with Crippen molar-refractivity contribution in [1.29, 1.82) is 0 Å². The first-order valence-electron chi connectivity index (χ1n) is 7.89. The molecule has 0 spiro atoms. The van der Waals surface area contributed by atoms with Gasteiger partial charge in [0, 0.05) is 16.4 Å². The summed E-state index contributed by atoms with van der Waals surface area (Å²) in [6.07, 6.45) is 5.24. The van der Waals surface area contributed by atoms with Crippen LogP contribution in [0.5, 0.6) is 0 Å². The molecular weight excluding hydrogens is 342 g/mol. The van der Waals surface area contributed by atoms with Crippen molar-refractivity contribution in [2.45, 2.75) is 46.1 Å². The predicted octanol–water partition coefficient (Wildman–Crippen LogP) is 6.83. The first kappa shape index (κ1) is 15.1. The molecule has 0 N–H and O–H groups in total. The highest BCUT2D eigenvalue weighted by molar-refractivity contribution is 9.10. The van der Waals surface area contributed by atoms with Crippen LogP contribution in [0.4, 0.5) is 0 Å². The van der Waals surface area contributed by atoms with Crippen LogP contribution in [0.3, 0.4) is 0 Å². The van der Waals surface area contributed by atoms with Crippen LogP contribution in [-0.4, -0.2) is 4.57 Å². The zero-order valence-corrected chi connectivity index (χ0v) is 15.1. The van der Waals surface area contributed by atoms with E-state index in [4.69, 9.17) is 0 Å². The molecule has 3 rings (SSSR count). The number of fused-ring (bicyclic) bond motifs is 3. The number of benzene rings is 1. The van der Waals surface area contributed by atoms with E-state index in [2.05, 4.69) is 64.0 Å². The molecule has 3 aromatic rings. The van der Waals surface area contributed by atoms with E-state index in [0.717, 1.165) is 12.5 Å². The van der Waals surface area contributed by atoms with Crippen LogP contribution < -0.4 is 0 Å². The van der Waals surface area contributed by atoms with E-state index < -0.39 is 0 Å². The smallest absolute Gasteiger partial charge is 0.0601 e. The van der Waals surface area contributed by atoms with E-state index in [1.165, 1.54) is 51.3 Å². The van der Waals surface area contributed by atoms with Gasteiger partial charge in [0.2, 0.25) is 0 Å². The first-order valence-corrected chi connectivity index (χ1v) is 9.56. The average molecular weight is 364 g/mol. The molecule has 0 fully saturated rings. The molecule has 112 valence electrons. The molecule has 1 unspecified atom stereocenters. The lowest BCUT2D eigenvalue weighted by Crippen LogP contribution is -2.09. The minimum atomic E-state index is 0.780. The van der Waals surface area contributed by atoms with Crippen molar-refractivity contribution in [1.82, 2.24) is 4.57 Å². The van der Waals surface area contributed by atoms with E-state index >= 15 is 0 Å². The molecule has 1 atom stereocenters. The summed E-state index contributed by atoms with van der Waals surface area (Å²) < 4.78 is 5.14. The maximum Gasteiger partial charge on any atom is 0.0601 e. The van der Waals surface area contributed by atoms with E-state index in [1.54, 1.807) is 0 Å². The monoisotopic (exact) mass is 363 g/mol. The van der Waals surface area contributed by atoms with Gasteiger partial charge in [0.15, 0.2) is 0 Å². The van der Waals surface area contributed by atoms with Gasteiger partial charge in [0.05, 0.1) is 15.7 Å². The number of nitrogens with zero attached hydrogens (tertiary/aromatic N) is 1. The predicted molar refractivity (Wildman–Crippen MR) is 98.3 cm³/mol. The minimum absolute atomic E-state index is 0.780. The Hall–Kier alpha value is -0.800. The Morgan fingerprint density at radius 2 is 2.05 bits per heavy atom.